The van der Waals surface area contributed by atoms with Gasteiger partial charge in [0.2, 0.25) is 5.91 Å². The lowest BCUT2D eigenvalue weighted by molar-refractivity contribution is -0.118. The van der Waals surface area contributed by atoms with Gasteiger partial charge < -0.3 is 5.32 Å². The van der Waals surface area contributed by atoms with Crippen molar-refractivity contribution >= 4 is 17.7 Å². The molecule has 1 N–H and O–H groups in total. The first-order chi connectivity index (χ1) is 10.6. The van der Waals surface area contributed by atoms with Crippen molar-refractivity contribution in [2.45, 2.75) is 31.6 Å². The molecule has 0 saturated carbocycles. The molecule has 22 heavy (non-hydrogen) atoms. The minimum Gasteiger partial charge on any atom is -0.355 e. The van der Waals surface area contributed by atoms with Crippen LogP contribution in [0.5, 0.6) is 0 Å². The normalized spacial score (nSPS) is 12.0. The molecule has 0 aromatic heterocycles. The predicted octanol–water partition coefficient (Wildman–Crippen LogP) is 4.32. The number of thioether (sulfide) groups is 1. The zero-order valence-corrected chi connectivity index (χ0v) is 14.2. The lowest BCUT2D eigenvalue weighted by Crippen LogP contribution is -2.28. The topological polar surface area (TPSA) is 29.1 Å². The largest absolute Gasteiger partial charge is 0.355 e. The molecule has 0 aliphatic carbocycles. The highest BCUT2D eigenvalue weighted by atomic mass is 32.2. The minimum absolute atomic E-state index is 0.0889. The molecule has 2 rings (SSSR count). The number of hydrogen-bond donors (Lipinski definition) is 1. The number of carbonyl (C=O) groups excluding carboxylic acids is 1. The van der Waals surface area contributed by atoms with E-state index >= 15 is 0 Å². The summed E-state index contributed by atoms with van der Waals surface area (Å²) in [5.41, 5.74) is 3.80. The Morgan fingerprint density at radius 2 is 1.82 bits per heavy atom. The molecule has 1 atom stereocenters. The smallest absolute Gasteiger partial charge is 0.230 e. The lowest BCUT2D eigenvalue weighted by Gasteiger charge is -2.13. The van der Waals surface area contributed by atoms with Gasteiger partial charge >= 0.3 is 0 Å². The Kier molecular flexibility index (Phi) is 6.08. The van der Waals surface area contributed by atoms with Crippen molar-refractivity contribution in [3.8, 4) is 0 Å². The van der Waals surface area contributed by atoms with Crippen LogP contribution in [-0.4, -0.2) is 18.2 Å². The summed E-state index contributed by atoms with van der Waals surface area (Å²) in [7, 11) is 0. The van der Waals surface area contributed by atoms with Crippen LogP contribution in [0, 0.1) is 13.8 Å². The van der Waals surface area contributed by atoms with Crippen LogP contribution in [0.2, 0.25) is 0 Å². The van der Waals surface area contributed by atoms with E-state index in [-0.39, 0.29) is 5.91 Å². The highest BCUT2D eigenvalue weighted by Gasteiger charge is 2.08. The van der Waals surface area contributed by atoms with Crippen molar-refractivity contribution in [1.82, 2.24) is 5.32 Å². The van der Waals surface area contributed by atoms with E-state index < -0.39 is 0 Å². The molecular weight excluding hydrogens is 290 g/mol. The first kappa shape index (κ1) is 16.6. The molecule has 0 unspecified atom stereocenters. The third-order valence-corrected chi connectivity index (χ3v) is 4.82. The molecule has 116 valence electrons. The molecule has 2 aromatic rings. The van der Waals surface area contributed by atoms with E-state index in [1.807, 2.05) is 18.2 Å². The zero-order chi connectivity index (χ0) is 15.9. The van der Waals surface area contributed by atoms with E-state index in [1.165, 1.54) is 16.7 Å². The number of benzene rings is 2. The van der Waals surface area contributed by atoms with Gasteiger partial charge in [-0.2, -0.15) is 0 Å². The van der Waals surface area contributed by atoms with E-state index in [2.05, 4.69) is 56.4 Å². The van der Waals surface area contributed by atoms with Crippen LogP contribution in [0.1, 0.15) is 29.5 Å². The average molecular weight is 313 g/mol. The fourth-order valence-electron chi connectivity index (χ4n) is 2.17. The standard InChI is InChI=1S/C19H23NOS/c1-14-9-10-18(11-15(14)2)22-13-19(21)20-12-16(3)17-7-5-4-6-8-17/h4-11,16H,12-13H2,1-3H3,(H,20,21)/t16-/m0/s1. The molecule has 0 bridgehead atoms. The number of amides is 1. The van der Waals surface area contributed by atoms with Crippen LogP contribution in [0.25, 0.3) is 0 Å². The van der Waals surface area contributed by atoms with Crippen LogP contribution < -0.4 is 5.32 Å². The molecule has 0 saturated heterocycles. The molecule has 0 aliphatic heterocycles. The Hall–Kier alpha value is -1.74. The Labute approximate surface area is 137 Å². The summed E-state index contributed by atoms with van der Waals surface area (Å²) in [6, 6.07) is 16.6. The van der Waals surface area contributed by atoms with Gasteiger partial charge in [0.05, 0.1) is 5.75 Å². The number of aryl methyl sites for hydroxylation is 2. The maximum atomic E-state index is 12.0. The molecule has 2 aromatic carbocycles. The maximum absolute atomic E-state index is 12.0. The van der Waals surface area contributed by atoms with Crippen LogP contribution in [0.3, 0.4) is 0 Å². The predicted molar refractivity (Wildman–Crippen MR) is 94.5 cm³/mol. The maximum Gasteiger partial charge on any atom is 0.230 e. The Morgan fingerprint density at radius 3 is 2.50 bits per heavy atom. The highest BCUT2D eigenvalue weighted by Crippen LogP contribution is 2.21. The highest BCUT2D eigenvalue weighted by molar-refractivity contribution is 8.00. The van der Waals surface area contributed by atoms with Crippen LogP contribution >= 0.6 is 11.8 Å². The molecule has 2 nitrogen and oxygen atoms in total. The summed E-state index contributed by atoms with van der Waals surface area (Å²) in [4.78, 5) is 13.1. The molecule has 0 heterocycles. The second-order valence-corrected chi connectivity index (χ2v) is 6.70. The molecular formula is C19H23NOS. The molecule has 0 spiro atoms. The fraction of sp³-hybridized carbons (Fsp3) is 0.316. The van der Waals surface area contributed by atoms with Crippen molar-refractivity contribution < 1.29 is 4.79 Å². The van der Waals surface area contributed by atoms with E-state index in [4.69, 9.17) is 0 Å². The number of rotatable bonds is 6. The van der Waals surface area contributed by atoms with Crippen molar-refractivity contribution in [3.05, 3.63) is 65.2 Å². The Bertz CT molecular complexity index is 625. The Morgan fingerprint density at radius 1 is 1.09 bits per heavy atom. The van der Waals surface area contributed by atoms with Gasteiger partial charge in [-0.1, -0.05) is 43.3 Å². The number of carbonyl (C=O) groups is 1. The molecule has 1 amide bonds. The van der Waals surface area contributed by atoms with E-state index in [9.17, 15) is 4.79 Å². The summed E-state index contributed by atoms with van der Waals surface area (Å²) in [6.07, 6.45) is 0. The third kappa shape index (κ3) is 4.92. The molecule has 3 heteroatoms. The van der Waals surface area contributed by atoms with Crippen molar-refractivity contribution in [1.29, 1.82) is 0 Å². The first-order valence-corrected chi connectivity index (χ1v) is 8.56. The molecule has 0 fully saturated rings. The quantitative estimate of drug-likeness (QED) is 0.805. The average Bonchev–Trinajstić information content (AvgIpc) is 2.54. The van der Waals surface area contributed by atoms with Gasteiger partial charge in [0.15, 0.2) is 0 Å². The third-order valence-electron chi connectivity index (χ3n) is 3.82. The zero-order valence-electron chi connectivity index (χ0n) is 13.4. The van der Waals surface area contributed by atoms with Crippen LogP contribution in [-0.2, 0) is 4.79 Å². The summed E-state index contributed by atoms with van der Waals surface area (Å²) >= 11 is 1.59. The van der Waals surface area contributed by atoms with Gasteiger partial charge in [-0.3, -0.25) is 4.79 Å². The van der Waals surface area contributed by atoms with Gasteiger partial charge in [-0.25, -0.2) is 0 Å². The number of hydrogen-bond acceptors (Lipinski definition) is 2. The van der Waals surface area contributed by atoms with Crippen molar-refractivity contribution in [2.24, 2.45) is 0 Å². The van der Waals surface area contributed by atoms with E-state index in [0.29, 0.717) is 18.2 Å². The minimum atomic E-state index is 0.0889. The SMILES string of the molecule is Cc1ccc(SCC(=O)NC[C@H](C)c2ccccc2)cc1C. The van der Waals surface area contributed by atoms with Gasteiger partial charge in [0, 0.05) is 11.4 Å². The van der Waals surface area contributed by atoms with Crippen molar-refractivity contribution in [3.63, 3.8) is 0 Å². The summed E-state index contributed by atoms with van der Waals surface area (Å²) in [6.45, 7) is 7.00. The van der Waals surface area contributed by atoms with Gasteiger partial charge in [0.25, 0.3) is 0 Å². The van der Waals surface area contributed by atoms with Crippen LogP contribution in [0.4, 0.5) is 0 Å². The second kappa shape index (κ2) is 8.04. The molecule has 0 aliphatic rings. The molecule has 0 radical (unpaired) electrons. The van der Waals surface area contributed by atoms with Gasteiger partial charge in [-0.05, 0) is 48.6 Å². The van der Waals surface area contributed by atoms with Gasteiger partial charge in [-0.15, -0.1) is 11.8 Å². The van der Waals surface area contributed by atoms with E-state index in [0.717, 1.165) is 4.90 Å². The number of nitrogens with one attached hydrogen (secondary N) is 1. The van der Waals surface area contributed by atoms with Gasteiger partial charge in [0.1, 0.15) is 0 Å². The van der Waals surface area contributed by atoms with E-state index in [1.54, 1.807) is 11.8 Å². The summed E-state index contributed by atoms with van der Waals surface area (Å²) < 4.78 is 0. The second-order valence-electron chi connectivity index (χ2n) is 5.65. The monoisotopic (exact) mass is 313 g/mol. The first-order valence-electron chi connectivity index (χ1n) is 7.58. The fourth-order valence-corrected chi connectivity index (χ4v) is 2.99. The summed E-state index contributed by atoms with van der Waals surface area (Å²) in [5.74, 6) is 0.882. The van der Waals surface area contributed by atoms with Crippen LogP contribution in [0.15, 0.2) is 53.4 Å². The Balaban J connectivity index is 1.77. The van der Waals surface area contributed by atoms with Crippen molar-refractivity contribution in [2.75, 3.05) is 12.3 Å². The lowest BCUT2D eigenvalue weighted by atomic mass is 10.0. The summed E-state index contributed by atoms with van der Waals surface area (Å²) in [5, 5.41) is 3.02.